The highest BCUT2D eigenvalue weighted by Crippen LogP contribution is 2.51. The Bertz CT molecular complexity index is 2700. The number of anilines is 1. The van der Waals surface area contributed by atoms with Crippen LogP contribution in [0.2, 0.25) is 0 Å². The number of carbonyl (C=O) groups excluding carboxylic acids is 3. The number of aliphatic hydroxyl groups excluding tert-OH is 2. The summed E-state index contributed by atoms with van der Waals surface area (Å²) in [5.41, 5.74) is -1.63. The monoisotopic (exact) mass is 930 g/mol. The number of nitrogens with one attached hydrogen (secondary N) is 1. The molecule has 17 nitrogen and oxygen atoms in total. The number of Topliss-reactive ketones (excluding diaryl/α,β-unsaturated/α-hetero) is 1. The summed E-state index contributed by atoms with van der Waals surface area (Å²) in [5, 5.41) is 48.3. The largest absolute Gasteiger partial charge is 0.507 e. The smallest absolute Gasteiger partial charge is 0.312 e. The van der Waals surface area contributed by atoms with Crippen LogP contribution in [0.25, 0.3) is 33.3 Å². The third kappa shape index (κ3) is 9.60. The van der Waals surface area contributed by atoms with Crippen LogP contribution in [-0.4, -0.2) is 118 Å². The Hall–Kier alpha value is -6.01. The molecule has 0 spiro atoms. The maximum atomic E-state index is 14.8. The molecule has 9 atom stereocenters. The molecule has 6 rings (SSSR count). The van der Waals surface area contributed by atoms with E-state index >= 15 is 0 Å². The molecule has 362 valence electrons. The van der Waals surface area contributed by atoms with Gasteiger partial charge >= 0.3 is 11.8 Å². The number of hydrogen-bond acceptors (Lipinski definition) is 15. The van der Waals surface area contributed by atoms with Gasteiger partial charge in [0.2, 0.25) is 5.43 Å². The number of phenols is 2. The second-order valence-electron chi connectivity index (χ2n) is 19.0. The normalized spacial score (nSPS) is 28.3. The maximum Gasteiger partial charge on any atom is 0.312 e. The number of ether oxygens (including phenoxy) is 5. The fraction of sp³-hybridized carbons (Fsp3) is 0.500. The molecule has 1 amide bonds. The molecule has 0 saturated heterocycles. The number of fused-ring (bicyclic) bond motifs is 2. The maximum absolute atomic E-state index is 14.8. The summed E-state index contributed by atoms with van der Waals surface area (Å²) < 4.78 is 37.0. The molecular formula is C50H64N3O14+. The van der Waals surface area contributed by atoms with Gasteiger partial charge in [-0.25, -0.2) is 4.98 Å². The Morgan fingerprint density at radius 1 is 0.985 bits per heavy atom. The van der Waals surface area contributed by atoms with E-state index in [1.807, 2.05) is 0 Å². The molecule has 5 N–H and O–H groups in total. The highest BCUT2D eigenvalue weighted by atomic mass is 16.7. The number of hydrogen-bond donors (Lipinski definition) is 5. The molecule has 4 aliphatic rings. The number of amides is 1. The molecule has 4 bridgehead atoms. The number of carbonyl (C=O) groups is 3. The van der Waals surface area contributed by atoms with Gasteiger partial charge in [-0.2, -0.15) is 0 Å². The Morgan fingerprint density at radius 3 is 2.31 bits per heavy atom. The molecule has 17 heteroatoms. The van der Waals surface area contributed by atoms with Gasteiger partial charge in [0.25, 0.3) is 11.7 Å². The Labute approximate surface area is 389 Å². The Kier molecular flexibility index (Phi) is 14.5. The number of methoxy groups -OCH3 is 1. The van der Waals surface area contributed by atoms with Crippen LogP contribution in [0.4, 0.5) is 5.69 Å². The zero-order chi connectivity index (χ0) is 49.6. The van der Waals surface area contributed by atoms with Crippen LogP contribution in [0.3, 0.4) is 0 Å². The number of aliphatic hydroxyl groups is 2. The van der Waals surface area contributed by atoms with Crippen LogP contribution in [-0.2, 0) is 23.8 Å². The predicted molar refractivity (Wildman–Crippen MR) is 250 cm³/mol. The predicted octanol–water partition coefficient (Wildman–Crippen LogP) is 6.52. The lowest BCUT2D eigenvalue weighted by atomic mass is 9.78. The minimum absolute atomic E-state index is 0.0138. The molecule has 2 aromatic carbocycles. The van der Waals surface area contributed by atoms with Crippen LogP contribution in [0.1, 0.15) is 78.2 Å². The number of phenolic OH excluding ortho intramolecular Hbond substituents is 2. The van der Waals surface area contributed by atoms with Gasteiger partial charge in [-0.05, 0) is 33.8 Å². The highest BCUT2D eigenvalue weighted by Gasteiger charge is 2.50. The molecule has 0 unspecified atom stereocenters. The number of likely N-dealkylation sites (N-methyl/N-ethyl adjacent to an activating group) is 1. The molecule has 2 aromatic rings. The van der Waals surface area contributed by atoms with Crippen LogP contribution in [0.5, 0.6) is 23.0 Å². The highest BCUT2D eigenvalue weighted by molar-refractivity contribution is 6.22. The second-order valence-corrected chi connectivity index (χ2v) is 19.0. The number of quaternary nitrogens is 1. The molecule has 1 aliphatic carbocycles. The third-order valence-electron chi connectivity index (χ3n) is 13.7. The average Bonchev–Trinajstić information content (AvgIpc) is 3.53. The number of benzene rings is 3. The first-order chi connectivity index (χ1) is 31.3. The number of aromatic hydroxyl groups is 2. The summed E-state index contributed by atoms with van der Waals surface area (Å²) in [5.74, 6) is -7.86. The van der Waals surface area contributed by atoms with Gasteiger partial charge in [0.15, 0.2) is 11.3 Å². The second kappa shape index (κ2) is 19.3. The summed E-state index contributed by atoms with van der Waals surface area (Å²) in [6, 6.07) is 3.17. The lowest BCUT2D eigenvalue weighted by molar-refractivity contribution is -0.911. The zero-order valence-electron chi connectivity index (χ0n) is 40.4. The van der Waals surface area contributed by atoms with E-state index in [9.17, 15) is 39.6 Å². The van der Waals surface area contributed by atoms with E-state index in [0.717, 1.165) is 0 Å². The molecule has 0 aromatic heterocycles. The minimum atomic E-state index is -2.09. The summed E-state index contributed by atoms with van der Waals surface area (Å²) >= 11 is 0. The topological polar surface area (TPSA) is 233 Å². The quantitative estimate of drug-likeness (QED) is 0.0575. The van der Waals surface area contributed by atoms with Crippen LogP contribution in [0.15, 0.2) is 57.5 Å². The SMILES string of the molecule is CO[C@H]1/C=C/O[C@@]2(C)Oc3c(C)c(O)c4c(=O)c(c5oc6cc(OCC[N+](C)(C)C(C)C)cc(O)c6nc-5c4c3C2=O)NC(=O)/C(C)=C\C=C\[C@H](C)[C@H](O)[C@@H](C)[C@@H](O)[C@@H](C)[C@H](OC(C)=O)[C@@H]1C. The van der Waals surface area contributed by atoms with Crippen molar-refractivity contribution in [2.75, 3.05) is 39.7 Å². The third-order valence-corrected chi connectivity index (χ3v) is 13.7. The number of allylic oxidation sites excluding steroid dienone is 2. The zero-order valence-corrected chi connectivity index (χ0v) is 40.4. The van der Waals surface area contributed by atoms with Crippen molar-refractivity contribution in [3.8, 4) is 34.5 Å². The van der Waals surface area contributed by atoms with Crippen molar-refractivity contribution < 1.29 is 67.4 Å². The molecule has 0 radical (unpaired) electrons. The first-order valence-corrected chi connectivity index (χ1v) is 22.4. The first-order valence-electron chi connectivity index (χ1n) is 22.4. The van der Waals surface area contributed by atoms with Gasteiger partial charge in [-0.15, -0.1) is 0 Å². The summed E-state index contributed by atoms with van der Waals surface area (Å²) in [6.07, 6.45) is 3.39. The Balaban J connectivity index is 1.58. The van der Waals surface area contributed by atoms with Crippen molar-refractivity contribution >= 4 is 45.2 Å². The molecule has 67 heavy (non-hydrogen) atoms. The van der Waals surface area contributed by atoms with Crippen LogP contribution < -0.4 is 20.2 Å². The van der Waals surface area contributed by atoms with E-state index < -0.39 is 88.4 Å². The van der Waals surface area contributed by atoms with Gasteiger partial charge in [-0.1, -0.05) is 45.9 Å². The van der Waals surface area contributed by atoms with Crippen molar-refractivity contribution in [2.24, 2.45) is 23.7 Å². The van der Waals surface area contributed by atoms with Gasteiger partial charge in [0.05, 0.1) is 55.7 Å². The van der Waals surface area contributed by atoms with Gasteiger partial charge < -0.3 is 58.3 Å². The van der Waals surface area contributed by atoms with Crippen LogP contribution >= 0.6 is 0 Å². The summed E-state index contributed by atoms with van der Waals surface area (Å²) in [7, 11) is 5.57. The van der Waals surface area contributed by atoms with Crippen molar-refractivity contribution in [1.29, 1.82) is 0 Å². The van der Waals surface area contributed by atoms with E-state index in [2.05, 4.69) is 33.3 Å². The number of nitrogens with zero attached hydrogens (tertiary/aromatic N) is 2. The standard InChI is InChI=1S/C50H63N3O14/c1-23(2)53(11,12)18-20-63-31-21-32(55)38-34(22-31)66-47-39(51-38)35-36-43(58)29(8)46-37(35)48(60)50(10,67-46)64-19-17-33(62-13)26(5)45(65-30(9)54)28(7)42(57)27(6)41(56)24(3)15-14-16-25(4)49(61)52-40(47)44(36)59/h14-17,19,21-24,26-28,33,41-42,45,56-57H,18,20H2,1-13H3,(H2-,51,52,55,58,59,60,61)/p+1/b15-14+,19-17+,25-16-/t24-,26+,27+,28+,33-,41-,42+,45+,50-/m0/s1. The van der Waals surface area contributed by atoms with E-state index in [-0.39, 0.29) is 73.9 Å². The van der Waals surface area contributed by atoms with E-state index in [0.29, 0.717) is 17.1 Å². The van der Waals surface area contributed by atoms with E-state index in [1.165, 1.54) is 65.4 Å². The van der Waals surface area contributed by atoms with Crippen molar-refractivity contribution in [1.82, 2.24) is 4.98 Å². The average molecular weight is 931 g/mol. The summed E-state index contributed by atoms with van der Waals surface area (Å²) in [6.45, 7) is 17.6. The van der Waals surface area contributed by atoms with Gasteiger partial charge in [-0.3, -0.25) is 19.2 Å². The number of rotatable bonds is 7. The molecule has 0 fully saturated rings. The molecular weight excluding hydrogens is 867 g/mol. The van der Waals surface area contributed by atoms with E-state index in [4.69, 9.17) is 33.1 Å². The van der Waals surface area contributed by atoms with Gasteiger partial charge in [0.1, 0.15) is 59.2 Å². The summed E-state index contributed by atoms with van der Waals surface area (Å²) in [4.78, 5) is 60.7. The fourth-order valence-corrected chi connectivity index (χ4v) is 8.61. The van der Waals surface area contributed by atoms with Crippen molar-refractivity contribution in [3.05, 3.63) is 69.6 Å². The Morgan fingerprint density at radius 2 is 1.67 bits per heavy atom. The lowest BCUT2D eigenvalue weighted by Gasteiger charge is -2.38. The van der Waals surface area contributed by atoms with Gasteiger partial charge in [0, 0.05) is 73.3 Å². The minimum Gasteiger partial charge on any atom is -0.507 e. The lowest BCUT2D eigenvalue weighted by Crippen LogP contribution is -2.48. The molecule has 0 saturated carbocycles. The molecule has 3 heterocycles. The van der Waals surface area contributed by atoms with Crippen LogP contribution in [0, 0.1) is 30.6 Å². The number of aromatic nitrogens is 1. The number of ketones is 1. The first kappa shape index (κ1) is 50.4. The molecule has 3 aliphatic heterocycles. The van der Waals surface area contributed by atoms with Crippen molar-refractivity contribution in [3.63, 3.8) is 0 Å². The number of esters is 1. The van der Waals surface area contributed by atoms with Crippen molar-refractivity contribution in [2.45, 2.75) is 105 Å². The van der Waals surface area contributed by atoms with E-state index in [1.54, 1.807) is 39.8 Å². The fourth-order valence-electron chi connectivity index (χ4n) is 8.61.